The molecule has 0 saturated heterocycles. The van der Waals surface area contributed by atoms with Gasteiger partial charge in [0.05, 0.1) is 16.4 Å². The summed E-state index contributed by atoms with van der Waals surface area (Å²) in [6.45, 7) is 1.81. The quantitative estimate of drug-likeness (QED) is 0.479. The Balaban J connectivity index is 2.40. The third-order valence-electron chi connectivity index (χ3n) is 3.65. The molecule has 1 atom stereocenters. The highest BCUT2D eigenvalue weighted by Crippen LogP contribution is 2.35. The number of methoxy groups -OCH3 is 1. The monoisotopic (exact) mass is 481 g/mol. The van der Waals surface area contributed by atoms with Gasteiger partial charge in [-0.15, -0.1) is 0 Å². The third-order valence-corrected chi connectivity index (χ3v) is 6.11. The molecule has 0 aliphatic heterocycles. The summed E-state index contributed by atoms with van der Waals surface area (Å²) in [7, 11) is -2.63. The molecule has 0 aromatic heterocycles. The summed E-state index contributed by atoms with van der Waals surface area (Å²) in [6, 6.07) is 10.2. The fraction of sp³-hybridized carbons (Fsp3) is 0.294. The highest BCUT2D eigenvalue weighted by Gasteiger charge is 2.42. The van der Waals surface area contributed by atoms with Crippen molar-refractivity contribution in [2.24, 2.45) is 0 Å². The number of aryl methyl sites for hydroxylation is 1. The smallest absolute Gasteiger partial charge is 0.276 e. The fourth-order valence-electron chi connectivity index (χ4n) is 2.21. The van der Waals surface area contributed by atoms with Gasteiger partial charge in [-0.1, -0.05) is 52.4 Å². The standard InChI is InChI=1S/C17H18F2INO3S/c1-12-3-9-15(10-4-12)25(22,23)21-16(17(18,19)11-20)13-5-7-14(24-2)8-6-13/h3-10,16,21H,11H2,1-2H3. The molecule has 0 radical (unpaired) electrons. The predicted molar refractivity (Wildman–Crippen MR) is 101 cm³/mol. The molecule has 0 amide bonds. The zero-order chi connectivity index (χ0) is 18.7. The van der Waals surface area contributed by atoms with Crippen LogP contribution in [0.4, 0.5) is 8.78 Å². The van der Waals surface area contributed by atoms with E-state index in [0.29, 0.717) is 5.75 Å². The number of alkyl halides is 3. The number of ether oxygens (including phenoxy) is 1. The molecule has 1 N–H and O–H groups in total. The van der Waals surface area contributed by atoms with Crippen molar-refractivity contribution in [2.75, 3.05) is 11.5 Å². The molecule has 25 heavy (non-hydrogen) atoms. The van der Waals surface area contributed by atoms with Crippen molar-refractivity contribution in [1.82, 2.24) is 4.72 Å². The summed E-state index contributed by atoms with van der Waals surface area (Å²) in [5, 5.41) is 0. The summed E-state index contributed by atoms with van der Waals surface area (Å²) in [5.74, 6) is -2.76. The van der Waals surface area contributed by atoms with Crippen LogP contribution in [0.3, 0.4) is 0 Å². The van der Waals surface area contributed by atoms with Crippen molar-refractivity contribution in [1.29, 1.82) is 0 Å². The van der Waals surface area contributed by atoms with Gasteiger partial charge < -0.3 is 4.74 Å². The first-order valence-corrected chi connectivity index (χ1v) is 10.4. The van der Waals surface area contributed by atoms with Gasteiger partial charge in [-0.2, -0.15) is 4.72 Å². The van der Waals surface area contributed by atoms with E-state index in [1.165, 1.54) is 43.5 Å². The van der Waals surface area contributed by atoms with E-state index in [-0.39, 0.29) is 10.5 Å². The Hall–Kier alpha value is -1.26. The summed E-state index contributed by atoms with van der Waals surface area (Å²) >= 11 is 1.55. The number of rotatable bonds is 7. The van der Waals surface area contributed by atoms with Crippen LogP contribution in [0.2, 0.25) is 0 Å². The fourth-order valence-corrected chi connectivity index (χ4v) is 3.90. The van der Waals surface area contributed by atoms with Crippen molar-refractivity contribution >= 4 is 32.6 Å². The lowest BCUT2D eigenvalue weighted by Gasteiger charge is -2.26. The molecular formula is C17H18F2INO3S. The third kappa shape index (κ3) is 4.89. The largest absolute Gasteiger partial charge is 0.497 e. The molecule has 2 rings (SSSR count). The molecule has 0 spiro atoms. The summed E-state index contributed by atoms with van der Waals surface area (Å²) in [6.07, 6.45) is 0. The Morgan fingerprint density at radius 1 is 1.12 bits per heavy atom. The van der Waals surface area contributed by atoms with Crippen LogP contribution in [0.25, 0.3) is 0 Å². The Bertz CT molecular complexity index is 809. The van der Waals surface area contributed by atoms with Crippen LogP contribution in [0.15, 0.2) is 53.4 Å². The first kappa shape index (κ1) is 20.1. The molecule has 0 fully saturated rings. The lowest BCUT2D eigenvalue weighted by Crippen LogP contribution is -2.41. The minimum atomic E-state index is -4.10. The van der Waals surface area contributed by atoms with Gasteiger partial charge in [-0.3, -0.25) is 0 Å². The molecule has 0 saturated carbocycles. The van der Waals surface area contributed by atoms with Gasteiger partial charge in [0.2, 0.25) is 10.0 Å². The van der Waals surface area contributed by atoms with Crippen LogP contribution < -0.4 is 9.46 Å². The van der Waals surface area contributed by atoms with Crippen molar-refractivity contribution in [3.63, 3.8) is 0 Å². The maximum absolute atomic E-state index is 14.4. The van der Waals surface area contributed by atoms with Crippen LogP contribution in [-0.4, -0.2) is 25.9 Å². The van der Waals surface area contributed by atoms with E-state index < -0.39 is 26.4 Å². The molecule has 0 heterocycles. The highest BCUT2D eigenvalue weighted by molar-refractivity contribution is 14.1. The average Bonchev–Trinajstić information content (AvgIpc) is 2.60. The van der Waals surface area contributed by atoms with Crippen LogP contribution in [0, 0.1) is 6.92 Å². The summed E-state index contributed by atoms with van der Waals surface area (Å²) in [5.41, 5.74) is 1.04. The SMILES string of the molecule is COc1ccc(C(NS(=O)(=O)c2ccc(C)cc2)C(F)(F)CI)cc1. The van der Waals surface area contributed by atoms with Gasteiger partial charge in [0, 0.05) is 0 Å². The van der Waals surface area contributed by atoms with Gasteiger partial charge in [0.15, 0.2) is 0 Å². The lowest BCUT2D eigenvalue weighted by atomic mass is 10.0. The molecule has 4 nitrogen and oxygen atoms in total. The molecule has 0 bridgehead atoms. The zero-order valence-electron chi connectivity index (χ0n) is 13.7. The minimum absolute atomic E-state index is 0.0548. The normalized spacial score (nSPS) is 13.5. The van der Waals surface area contributed by atoms with E-state index in [2.05, 4.69) is 4.72 Å². The molecule has 0 aliphatic rings. The maximum atomic E-state index is 14.4. The maximum Gasteiger partial charge on any atom is 0.276 e. The molecular weight excluding hydrogens is 463 g/mol. The van der Waals surface area contributed by atoms with Crippen molar-refractivity contribution in [3.8, 4) is 5.75 Å². The van der Waals surface area contributed by atoms with Gasteiger partial charge in [0.25, 0.3) is 5.92 Å². The van der Waals surface area contributed by atoms with E-state index >= 15 is 0 Å². The lowest BCUT2D eigenvalue weighted by molar-refractivity contribution is -0.00369. The first-order valence-electron chi connectivity index (χ1n) is 7.36. The number of nitrogens with one attached hydrogen (secondary N) is 1. The number of halogens is 3. The van der Waals surface area contributed by atoms with Gasteiger partial charge in [-0.05, 0) is 36.8 Å². The second-order valence-electron chi connectivity index (χ2n) is 5.54. The first-order chi connectivity index (χ1) is 11.7. The predicted octanol–water partition coefficient (Wildman–Crippen LogP) is 4.09. The molecule has 2 aromatic carbocycles. The van der Waals surface area contributed by atoms with E-state index in [1.807, 2.05) is 6.92 Å². The van der Waals surface area contributed by atoms with E-state index in [9.17, 15) is 17.2 Å². The molecule has 2 aromatic rings. The van der Waals surface area contributed by atoms with Crippen LogP contribution in [0.5, 0.6) is 5.75 Å². The van der Waals surface area contributed by atoms with Crippen LogP contribution in [0.1, 0.15) is 17.2 Å². The molecule has 1 unspecified atom stereocenters. The summed E-state index contributed by atoms with van der Waals surface area (Å²) < 4.78 is 60.6. The van der Waals surface area contributed by atoms with Gasteiger partial charge >= 0.3 is 0 Å². The minimum Gasteiger partial charge on any atom is -0.497 e. The Labute approximate surface area is 159 Å². The number of benzene rings is 2. The van der Waals surface area contributed by atoms with Crippen molar-refractivity contribution < 1.29 is 21.9 Å². The number of sulfonamides is 1. The van der Waals surface area contributed by atoms with Crippen LogP contribution >= 0.6 is 22.6 Å². The molecule has 0 aliphatic carbocycles. The van der Waals surface area contributed by atoms with Gasteiger partial charge in [-0.25, -0.2) is 17.2 Å². The Kier molecular flexibility index (Phi) is 6.39. The average molecular weight is 481 g/mol. The van der Waals surface area contributed by atoms with Gasteiger partial charge in [0.1, 0.15) is 11.8 Å². The Morgan fingerprint density at radius 2 is 1.68 bits per heavy atom. The number of hydrogen-bond acceptors (Lipinski definition) is 3. The second-order valence-corrected chi connectivity index (χ2v) is 8.01. The van der Waals surface area contributed by atoms with Crippen LogP contribution in [-0.2, 0) is 10.0 Å². The zero-order valence-corrected chi connectivity index (χ0v) is 16.6. The number of hydrogen-bond donors (Lipinski definition) is 1. The van der Waals surface area contributed by atoms with Crippen molar-refractivity contribution in [3.05, 3.63) is 59.7 Å². The molecule has 8 heteroatoms. The molecule has 136 valence electrons. The highest BCUT2D eigenvalue weighted by atomic mass is 127. The second kappa shape index (κ2) is 7.96. The van der Waals surface area contributed by atoms with E-state index in [0.717, 1.165) is 5.56 Å². The van der Waals surface area contributed by atoms with Crippen molar-refractivity contribution in [2.45, 2.75) is 23.8 Å². The van der Waals surface area contributed by atoms with E-state index in [1.54, 1.807) is 34.7 Å². The topological polar surface area (TPSA) is 55.4 Å². The Morgan fingerprint density at radius 3 is 2.16 bits per heavy atom. The van der Waals surface area contributed by atoms with E-state index in [4.69, 9.17) is 4.74 Å². The summed E-state index contributed by atoms with van der Waals surface area (Å²) in [4.78, 5) is -0.0548.